The lowest BCUT2D eigenvalue weighted by molar-refractivity contribution is -0.201. The number of carbonyl (C=O) groups excluding carboxylic acids is 2. The van der Waals surface area contributed by atoms with Crippen LogP contribution in [0.1, 0.15) is 78.6 Å². The minimum absolute atomic E-state index is 0.0503. The zero-order valence-corrected chi connectivity index (χ0v) is 19.1. The van der Waals surface area contributed by atoms with Crippen LogP contribution in [0.15, 0.2) is 0 Å². The van der Waals surface area contributed by atoms with Crippen LogP contribution < -0.4 is 0 Å². The van der Waals surface area contributed by atoms with Gasteiger partial charge in [0.15, 0.2) is 0 Å². The highest BCUT2D eigenvalue weighted by Crippen LogP contribution is 2.68. The van der Waals surface area contributed by atoms with Crippen LogP contribution in [-0.4, -0.2) is 41.3 Å². The molecule has 0 aromatic rings. The van der Waals surface area contributed by atoms with Gasteiger partial charge in [-0.2, -0.15) is 0 Å². The first kappa shape index (κ1) is 22.3. The third kappa shape index (κ3) is 3.26. The molecule has 0 bridgehead atoms. The normalized spacial score (nSPS) is 49.0. The Hall–Kier alpha value is -0.940. The van der Waals surface area contributed by atoms with E-state index < -0.39 is 6.10 Å². The number of ether oxygens (including phenoxy) is 1. The van der Waals surface area contributed by atoms with Crippen molar-refractivity contribution in [2.24, 2.45) is 46.3 Å². The van der Waals surface area contributed by atoms with Gasteiger partial charge in [0.05, 0.1) is 19.3 Å². The molecule has 0 radical (unpaired) electrons. The third-order valence-electron chi connectivity index (χ3n) is 10.4. The Morgan fingerprint density at radius 2 is 1.93 bits per heavy atom. The van der Waals surface area contributed by atoms with E-state index in [0.717, 1.165) is 38.5 Å². The molecule has 10 atom stereocenters. The molecular weight excluding hydrogens is 380 g/mol. The Balaban J connectivity index is 1.58. The summed E-state index contributed by atoms with van der Waals surface area (Å²) < 4.78 is 4.82. The molecule has 170 valence electrons. The van der Waals surface area contributed by atoms with Crippen LogP contribution in [0.4, 0.5) is 0 Å². The van der Waals surface area contributed by atoms with Gasteiger partial charge in [0.25, 0.3) is 0 Å². The Bertz CT molecular complexity index is 691. The van der Waals surface area contributed by atoms with Crippen LogP contribution in [0, 0.1) is 46.3 Å². The smallest absolute Gasteiger partial charge is 0.305 e. The van der Waals surface area contributed by atoms with Crippen molar-refractivity contribution in [2.45, 2.75) is 90.8 Å². The summed E-state index contributed by atoms with van der Waals surface area (Å²) in [5, 5.41) is 22.8. The average Bonchev–Trinajstić information content (AvgIpc) is 3.06. The summed E-state index contributed by atoms with van der Waals surface area (Å²) in [5.41, 5.74) is -0.167. The number of methoxy groups -OCH3 is 1. The number of ketones is 1. The standard InChI is InChI=1S/C25H40O5/c1-14(5-8-22(29)30-4)17-6-7-18-23-19(13-21(28)25(17,18)3)24(2)10-9-16(26)11-15(24)12-20(23)27/h14-15,17-21,23,27-28H,5-13H2,1-4H3/t14-,15?,17-,18+,19+,20-,21+,23+,24+,25-/m1/s1. The molecule has 4 aliphatic rings. The van der Waals surface area contributed by atoms with Crippen molar-refractivity contribution in [3.63, 3.8) is 0 Å². The molecule has 30 heavy (non-hydrogen) atoms. The Labute approximate surface area is 180 Å². The molecule has 0 aliphatic heterocycles. The lowest BCUT2D eigenvalue weighted by atomic mass is 9.43. The topological polar surface area (TPSA) is 83.8 Å². The number of aliphatic hydroxyl groups is 2. The molecule has 4 fully saturated rings. The number of aliphatic hydroxyl groups excluding tert-OH is 2. The van der Waals surface area contributed by atoms with Gasteiger partial charge in [-0.3, -0.25) is 9.59 Å². The van der Waals surface area contributed by atoms with Gasteiger partial charge in [-0.1, -0.05) is 20.8 Å². The molecule has 5 heteroatoms. The lowest BCUT2D eigenvalue weighted by Gasteiger charge is -2.63. The summed E-state index contributed by atoms with van der Waals surface area (Å²) in [7, 11) is 1.43. The van der Waals surface area contributed by atoms with Crippen LogP contribution in [0.3, 0.4) is 0 Å². The first-order valence-corrected chi connectivity index (χ1v) is 12.1. The van der Waals surface area contributed by atoms with Crippen molar-refractivity contribution in [1.29, 1.82) is 0 Å². The van der Waals surface area contributed by atoms with Crippen molar-refractivity contribution >= 4 is 11.8 Å². The highest BCUT2D eigenvalue weighted by atomic mass is 16.5. The van der Waals surface area contributed by atoms with Crippen molar-refractivity contribution in [3.8, 4) is 0 Å². The van der Waals surface area contributed by atoms with Gasteiger partial charge in [0.2, 0.25) is 0 Å². The highest BCUT2D eigenvalue weighted by molar-refractivity contribution is 5.79. The second kappa shape index (κ2) is 7.88. The number of carbonyl (C=O) groups is 2. The van der Waals surface area contributed by atoms with Gasteiger partial charge < -0.3 is 14.9 Å². The molecule has 5 nitrogen and oxygen atoms in total. The van der Waals surface area contributed by atoms with E-state index in [4.69, 9.17) is 4.74 Å². The molecule has 4 aliphatic carbocycles. The maximum absolute atomic E-state index is 12.1. The van der Waals surface area contributed by atoms with Crippen LogP contribution in [-0.2, 0) is 14.3 Å². The summed E-state index contributed by atoms with van der Waals surface area (Å²) in [6.07, 6.45) is 6.15. The SMILES string of the molecule is COC(=O)CC[C@@H](C)[C@H]1CC[C@H]2[C@@H]3[C@H](O)CC4CC(=O)CC[C@]4(C)[C@H]3C[C@H](O)[C@]12C. The molecule has 0 amide bonds. The Morgan fingerprint density at radius 1 is 1.20 bits per heavy atom. The maximum atomic E-state index is 12.1. The molecule has 2 N–H and O–H groups in total. The summed E-state index contributed by atoms with van der Waals surface area (Å²) >= 11 is 0. The predicted octanol–water partition coefficient (Wildman–Crippen LogP) is 3.75. The fourth-order valence-corrected chi connectivity index (χ4v) is 8.59. The van der Waals surface area contributed by atoms with E-state index in [9.17, 15) is 19.8 Å². The highest BCUT2D eigenvalue weighted by Gasteiger charge is 2.65. The molecule has 0 spiro atoms. The van der Waals surface area contributed by atoms with Crippen LogP contribution in [0.5, 0.6) is 0 Å². The third-order valence-corrected chi connectivity index (χ3v) is 10.4. The van der Waals surface area contributed by atoms with E-state index in [0.29, 0.717) is 42.8 Å². The number of hydrogen-bond donors (Lipinski definition) is 2. The van der Waals surface area contributed by atoms with Gasteiger partial charge >= 0.3 is 5.97 Å². The number of hydrogen-bond acceptors (Lipinski definition) is 5. The fourth-order valence-electron chi connectivity index (χ4n) is 8.59. The zero-order valence-electron chi connectivity index (χ0n) is 19.1. The van der Waals surface area contributed by atoms with E-state index in [1.165, 1.54) is 7.11 Å². The molecule has 0 saturated heterocycles. The molecular formula is C25H40O5. The number of rotatable bonds is 4. The van der Waals surface area contributed by atoms with E-state index in [1.807, 2.05) is 0 Å². The van der Waals surface area contributed by atoms with Gasteiger partial charge in [-0.05, 0) is 84.9 Å². The Morgan fingerprint density at radius 3 is 2.63 bits per heavy atom. The van der Waals surface area contributed by atoms with Crippen LogP contribution in [0.2, 0.25) is 0 Å². The van der Waals surface area contributed by atoms with Crippen molar-refractivity contribution in [1.82, 2.24) is 0 Å². The largest absolute Gasteiger partial charge is 0.469 e. The van der Waals surface area contributed by atoms with Crippen LogP contribution >= 0.6 is 0 Å². The monoisotopic (exact) mass is 420 g/mol. The molecule has 0 aromatic heterocycles. The summed E-state index contributed by atoms with van der Waals surface area (Å²) in [6.45, 7) is 6.78. The van der Waals surface area contributed by atoms with Crippen LogP contribution in [0.25, 0.3) is 0 Å². The van der Waals surface area contributed by atoms with E-state index in [1.54, 1.807) is 0 Å². The zero-order chi connectivity index (χ0) is 21.8. The maximum Gasteiger partial charge on any atom is 0.305 e. The Kier molecular flexibility index (Phi) is 5.85. The first-order chi connectivity index (χ1) is 14.1. The van der Waals surface area contributed by atoms with E-state index in [-0.39, 0.29) is 40.7 Å². The number of esters is 1. The molecule has 0 aromatic carbocycles. The summed E-state index contributed by atoms with van der Waals surface area (Å²) in [4.78, 5) is 23.8. The van der Waals surface area contributed by atoms with Crippen molar-refractivity contribution in [2.75, 3.05) is 7.11 Å². The predicted molar refractivity (Wildman–Crippen MR) is 113 cm³/mol. The molecule has 4 saturated carbocycles. The second-order valence-corrected chi connectivity index (χ2v) is 11.4. The van der Waals surface area contributed by atoms with Gasteiger partial charge in [-0.25, -0.2) is 0 Å². The van der Waals surface area contributed by atoms with Gasteiger partial charge in [0.1, 0.15) is 5.78 Å². The van der Waals surface area contributed by atoms with Crippen molar-refractivity contribution in [3.05, 3.63) is 0 Å². The average molecular weight is 421 g/mol. The summed E-state index contributed by atoms with van der Waals surface area (Å²) in [6, 6.07) is 0. The van der Waals surface area contributed by atoms with E-state index in [2.05, 4.69) is 20.8 Å². The summed E-state index contributed by atoms with van der Waals surface area (Å²) in [5.74, 6) is 1.92. The molecule has 1 unspecified atom stereocenters. The minimum Gasteiger partial charge on any atom is -0.469 e. The molecule has 0 heterocycles. The molecule has 4 rings (SSSR count). The van der Waals surface area contributed by atoms with Gasteiger partial charge in [-0.15, -0.1) is 0 Å². The van der Waals surface area contributed by atoms with Crippen molar-refractivity contribution < 1.29 is 24.5 Å². The lowest BCUT2D eigenvalue weighted by Crippen LogP contribution is -2.62. The minimum atomic E-state index is -0.391. The van der Waals surface area contributed by atoms with Gasteiger partial charge in [0, 0.05) is 19.3 Å². The fraction of sp³-hybridized carbons (Fsp3) is 0.920. The quantitative estimate of drug-likeness (QED) is 0.677. The second-order valence-electron chi connectivity index (χ2n) is 11.4. The van der Waals surface area contributed by atoms with E-state index >= 15 is 0 Å². The first-order valence-electron chi connectivity index (χ1n) is 12.1. The number of fused-ring (bicyclic) bond motifs is 5. The number of Topliss-reactive ketones (excluding diaryl/α,β-unsaturated/α-hetero) is 1.